The second-order valence-electron chi connectivity index (χ2n) is 16.8. The lowest BCUT2D eigenvalue weighted by Gasteiger charge is -2.48. The molecule has 0 unspecified atom stereocenters. The second-order valence-corrected chi connectivity index (χ2v) is 16.8. The number of furan rings is 2. The molecule has 10 aromatic rings. The fraction of sp³-hybridized carbons (Fsp3) is 0.0769. The van der Waals surface area contributed by atoms with Crippen molar-refractivity contribution in [1.82, 2.24) is 0 Å². The van der Waals surface area contributed by atoms with Gasteiger partial charge >= 0.3 is 6.85 Å². The van der Waals surface area contributed by atoms with Gasteiger partial charge in [0.05, 0.1) is 17.1 Å². The normalized spacial score (nSPS) is 13.8. The van der Waals surface area contributed by atoms with Gasteiger partial charge in [-0.3, -0.25) is 0 Å². The van der Waals surface area contributed by atoms with E-state index in [-0.39, 0.29) is 12.3 Å². The summed E-state index contributed by atoms with van der Waals surface area (Å²) in [5, 5.41) is 4.43. The first-order chi connectivity index (χ1) is 28.4. The van der Waals surface area contributed by atoms with Crippen molar-refractivity contribution in [2.45, 2.75) is 26.2 Å². The van der Waals surface area contributed by atoms with Gasteiger partial charge in [-0.05, 0) is 87.6 Å². The molecule has 3 aliphatic heterocycles. The van der Waals surface area contributed by atoms with Crippen LogP contribution in [-0.2, 0) is 5.41 Å². The molecule has 58 heavy (non-hydrogen) atoms. The van der Waals surface area contributed by atoms with Crippen molar-refractivity contribution in [3.63, 3.8) is 0 Å². The highest BCUT2D eigenvalue weighted by Gasteiger charge is 2.50. The molecule has 0 amide bonds. The van der Waals surface area contributed by atoms with E-state index >= 15 is 0 Å². The summed E-state index contributed by atoms with van der Waals surface area (Å²) in [4.78, 5) is 5.05. The van der Waals surface area contributed by atoms with E-state index in [1.165, 1.54) is 27.6 Å². The summed E-state index contributed by atoms with van der Waals surface area (Å²) in [5.74, 6) is 1.68. The van der Waals surface area contributed by atoms with Crippen LogP contribution in [0.25, 0.3) is 66.1 Å². The van der Waals surface area contributed by atoms with E-state index in [0.29, 0.717) is 0 Å². The van der Waals surface area contributed by atoms with Crippen molar-refractivity contribution in [2.24, 2.45) is 0 Å². The van der Waals surface area contributed by atoms with E-state index < -0.39 is 0 Å². The van der Waals surface area contributed by atoms with Crippen LogP contribution in [0.1, 0.15) is 26.3 Å². The van der Waals surface area contributed by atoms with Crippen LogP contribution in [0, 0.1) is 0 Å². The van der Waals surface area contributed by atoms with Gasteiger partial charge in [0.2, 0.25) is 0 Å². The Morgan fingerprint density at radius 1 is 0.483 bits per heavy atom. The molecule has 8 aromatic carbocycles. The smallest absolute Gasteiger partial charge is 0.334 e. The van der Waals surface area contributed by atoms with Gasteiger partial charge in [0.25, 0.3) is 0 Å². The number of hydrogen-bond acceptors (Lipinski definition) is 5. The number of para-hydroxylation sites is 5. The third-order valence-electron chi connectivity index (χ3n) is 12.6. The van der Waals surface area contributed by atoms with Crippen LogP contribution in [0.15, 0.2) is 167 Å². The van der Waals surface area contributed by atoms with E-state index in [9.17, 15) is 0 Å². The maximum Gasteiger partial charge on any atom is 0.334 e. The van der Waals surface area contributed by atoms with Gasteiger partial charge in [-0.1, -0.05) is 118 Å². The summed E-state index contributed by atoms with van der Waals surface area (Å²) in [6.07, 6.45) is 0. The van der Waals surface area contributed by atoms with E-state index in [1.807, 2.05) is 0 Å². The lowest BCUT2D eigenvalue weighted by molar-refractivity contribution is 0.478. The second kappa shape index (κ2) is 11.2. The summed E-state index contributed by atoms with van der Waals surface area (Å²) in [5.41, 5.74) is 17.1. The third-order valence-corrected chi connectivity index (χ3v) is 12.6. The molecule has 0 fully saturated rings. The standard InChI is InChI=1S/C52H35BN2O3/c1-52(2,3)31-24-25-36(35(28-31)30-14-5-4-6-15-30)54-38-26-27-43-47(33-17-8-11-21-41(33)56-43)49(38)53-50-39(54)29-45-46(32-16-7-10-20-40(32)57-45)48(50)34-18-13-23-44-51(34)55(53)37-19-9-12-22-42(37)58-44/h4-29H,1-3H3. The van der Waals surface area contributed by atoms with Gasteiger partial charge < -0.3 is 23.3 Å². The average Bonchev–Trinajstić information content (AvgIpc) is 3.82. The Morgan fingerprint density at radius 2 is 1.17 bits per heavy atom. The predicted molar refractivity (Wildman–Crippen MR) is 239 cm³/mol. The first-order valence-corrected chi connectivity index (χ1v) is 20.0. The number of hydrogen-bond donors (Lipinski definition) is 0. The topological polar surface area (TPSA) is 42.0 Å². The summed E-state index contributed by atoms with van der Waals surface area (Å²) >= 11 is 0. The van der Waals surface area contributed by atoms with Crippen molar-refractivity contribution in [3.8, 4) is 33.8 Å². The number of nitrogens with zero attached hydrogens (tertiary/aromatic N) is 2. The Hall–Kier alpha value is -7.18. The molecule has 5 nitrogen and oxygen atoms in total. The number of benzene rings is 8. The van der Waals surface area contributed by atoms with Gasteiger partial charge in [-0.25, -0.2) is 0 Å². The van der Waals surface area contributed by atoms with Crippen molar-refractivity contribution in [3.05, 3.63) is 163 Å². The van der Waals surface area contributed by atoms with Crippen LogP contribution in [0.3, 0.4) is 0 Å². The van der Waals surface area contributed by atoms with Crippen LogP contribution in [0.5, 0.6) is 11.5 Å². The lowest BCUT2D eigenvalue weighted by Crippen LogP contribution is -2.62. The molecule has 0 radical (unpaired) electrons. The maximum absolute atomic E-state index is 6.87. The molecule has 13 rings (SSSR count). The molecule has 0 bridgehead atoms. The van der Waals surface area contributed by atoms with Gasteiger partial charge in [-0.2, -0.15) is 0 Å². The molecule has 0 N–H and O–H groups in total. The van der Waals surface area contributed by atoms with Gasteiger partial charge in [0, 0.05) is 50.1 Å². The predicted octanol–water partition coefficient (Wildman–Crippen LogP) is 13.3. The molecule has 6 heteroatoms. The Labute approximate surface area is 335 Å². The summed E-state index contributed by atoms with van der Waals surface area (Å²) in [7, 11) is 0. The minimum atomic E-state index is -0.244. The van der Waals surface area contributed by atoms with E-state index in [0.717, 1.165) is 94.9 Å². The first kappa shape index (κ1) is 32.0. The third kappa shape index (κ3) is 4.16. The molecule has 0 atom stereocenters. The first-order valence-electron chi connectivity index (χ1n) is 20.0. The van der Waals surface area contributed by atoms with E-state index in [1.54, 1.807) is 0 Å². The summed E-state index contributed by atoms with van der Waals surface area (Å²) in [6.45, 7) is 6.62. The zero-order valence-electron chi connectivity index (χ0n) is 32.2. The number of ether oxygens (including phenoxy) is 1. The molecular weight excluding hydrogens is 711 g/mol. The monoisotopic (exact) mass is 746 g/mol. The van der Waals surface area contributed by atoms with Crippen LogP contribution in [0.2, 0.25) is 0 Å². The highest BCUT2D eigenvalue weighted by atomic mass is 16.5. The molecule has 0 aliphatic carbocycles. The zero-order valence-corrected chi connectivity index (χ0v) is 32.2. The number of anilines is 5. The van der Waals surface area contributed by atoms with Gasteiger partial charge in [0.1, 0.15) is 28.1 Å². The van der Waals surface area contributed by atoms with E-state index in [4.69, 9.17) is 13.6 Å². The molecule has 3 aliphatic rings. The number of rotatable bonds is 2. The highest BCUT2D eigenvalue weighted by Crippen LogP contribution is 2.58. The van der Waals surface area contributed by atoms with Crippen molar-refractivity contribution >= 4 is 90.1 Å². The summed E-state index contributed by atoms with van der Waals surface area (Å²) in [6, 6.07) is 56.5. The van der Waals surface area contributed by atoms with Gasteiger partial charge in [0.15, 0.2) is 5.75 Å². The van der Waals surface area contributed by atoms with Crippen molar-refractivity contribution in [2.75, 3.05) is 9.71 Å². The SMILES string of the molecule is CC(C)(C)c1ccc(N2c3cc4oc5ccccc5c4c4c3B(c3c2ccc2oc5ccccc5c32)N2c3ccccc3Oc3cccc-4c32)c(-c2ccccc2)c1. The largest absolute Gasteiger partial charge is 0.456 e. The molecule has 0 saturated carbocycles. The van der Waals surface area contributed by atoms with Crippen LogP contribution < -0.4 is 25.4 Å². The van der Waals surface area contributed by atoms with Gasteiger partial charge in [-0.15, -0.1) is 0 Å². The fourth-order valence-electron chi connectivity index (χ4n) is 10.1. The summed E-state index contributed by atoms with van der Waals surface area (Å²) < 4.78 is 20.4. The highest BCUT2D eigenvalue weighted by molar-refractivity contribution is 6.96. The molecule has 2 aromatic heterocycles. The quantitative estimate of drug-likeness (QED) is 0.165. The minimum absolute atomic E-state index is 0.0493. The van der Waals surface area contributed by atoms with Crippen LogP contribution >= 0.6 is 0 Å². The Balaban J connectivity index is 1.26. The van der Waals surface area contributed by atoms with Crippen LogP contribution in [0.4, 0.5) is 28.4 Å². The van der Waals surface area contributed by atoms with Crippen molar-refractivity contribution < 1.29 is 13.6 Å². The Bertz CT molecular complexity index is 3390. The minimum Gasteiger partial charge on any atom is -0.456 e. The fourth-order valence-corrected chi connectivity index (χ4v) is 10.1. The molecule has 0 saturated heterocycles. The van der Waals surface area contributed by atoms with E-state index in [2.05, 4.69) is 188 Å². The maximum atomic E-state index is 6.87. The molecular formula is C52H35BN2O3. The molecule has 274 valence electrons. The molecule has 0 spiro atoms. The zero-order chi connectivity index (χ0) is 38.4. The van der Waals surface area contributed by atoms with Crippen molar-refractivity contribution in [1.29, 1.82) is 0 Å². The lowest BCUT2D eigenvalue weighted by atomic mass is 9.42. The average molecular weight is 747 g/mol. The van der Waals surface area contributed by atoms with Crippen LogP contribution in [-0.4, -0.2) is 6.85 Å². The Morgan fingerprint density at radius 3 is 1.98 bits per heavy atom. The Kier molecular flexibility index (Phi) is 6.19. The number of fused-ring (bicyclic) bond motifs is 14. The molecule has 5 heterocycles.